The molecule has 0 unspecified atom stereocenters. The molecule has 4 nitrogen and oxygen atoms in total. The number of halogens is 1. The van der Waals surface area contributed by atoms with Crippen LogP contribution in [-0.2, 0) is 4.79 Å². The molecule has 6 heteroatoms. The van der Waals surface area contributed by atoms with E-state index in [1.807, 2.05) is 49.2 Å². The predicted octanol–water partition coefficient (Wildman–Crippen LogP) is 3.97. The Bertz CT molecular complexity index is 692. The fraction of sp³-hybridized carbons (Fsp3) is 0.250. The van der Waals surface area contributed by atoms with Gasteiger partial charge in [-0.05, 0) is 37.3 Å². The fourth-order valence-corrected chi connectivity index (χ4v) is 2.84. The normalized spacial score (nSPS) is 11.0. The SMILES string of the molecule is Cc1nc(N(C)c2ccc(Cl)cc2)sc1C=CC(=O)N(C)C. The second-order valence-corrected chi connectivity index (χ2v) is 6.49. The Hall–Kier alpha value is -1.85. The van der Waals surface area contributed by atoms with E-state index in [-0.39, 0.29) is 5.91 Å². The smallest absolute Gasteiger partial charge is 0.246 e. The molecule has 1 aromatic heterocycles. The third-order valence-corrected chi connectivity index (χ3v) is 4.59. The van der Waals surface area contributed by atoms with Crippen molar-refractivity contribution in [1.82, 2.24) is 9.88 Å². The van der Waals surface area contributed by atoms with E-state index in [2.05, 4.69) is 4.98 Å². The van der Waals surface area contributed by atoms with E-state index < -0.39 is 0 Å². The standard InChI is InChI=1S/C16H18ClN3OS/c1-11-14(9-10-15(21)19(2)3)22-16(18-11)20(4)13-7-5-12(17)6-8-13/h5-10H,1-4H3. The van der Waals surface area contributed by atoms with Crippen molar-refractivity contribution >= 4 is 45.7 Å². The first-order valence-corrected chi connectivity index (χ1v) is 7.94. The minimum Gasteiger partial charge on any atom is -0.345 e. The molecule has 0 saturated carbocycles. The first kappa shape index (κ1) is 16.5. The molecule has 0 fully saturated rings. The Labute approximate surface area is 139 Å². The van der Waals surface area contributed by atoms with Gasteiger partial charge in [0.1, 0.15) is 0 Å². The highest BCUT2D eigenvalue weighted by atomic mass is 35.5. The molecule has 0 bridgehead atoms. The number of rotatable bonds is 4. The van der Waals surface area contributed by atoms with E-state index in [0.29, 0.717) is 5.02 Å². The van der Waals surface area contributed by atoms with Crippen molar-refractivity contribution in [3.63, 3.8) is 0 Å². The van der Waals surface area contributed by atoms with Gasteiger partial charge < -0.3 is 9.80 Å². The summed E-state index contributed by atoms with van der Waals surface area (Å²) >= 11 is 7.46. The van der Waals surface area contributed by atoms with Crippen LogP contribution >= 0.6 is 22.9 Å². The van der Waals surface area contributed by atoms with Crippen molar-refractivity contribution in [1.29, 1.82) is 0 Å². The van der Waals surface area contributed by atoms with E-state index in [4.69, 9.17) is 11.6 Å². The molecule has 0 saturated heterocycles. The third-order valence-electron chi connectivity index (χ3n) is 3.14. The average Bonchev–Trinajstić information content (AvgIpc) is 2.86. The number of hydrogen-bond donors (Lipinski definition) is 0. The van der Waals surface area contributed by atoms with Gasteiger partial charge >= 0.3 is 0 Å². The van der Waals surface area contributed by atoms with Crippen LogP contribution in [0.25, 0.3) is 6.08 Å². The van der Waals surface area contributed by atoms with E-state index in [0.717, 1.165) is 21.4 Å². The molecule has 116 valence electrons. The Morgan fingerprint density at radius 2 is 1.86 bits per heavy atom. The van der Waals surface area contributed by atoms with Gasteiger partial charge in [-0.3, -0.25) is 4.79 Å². The summed E-state index contributed by atoms with van der Waals surface area (Å²) in [6, 6.07) is 7.60. The number of carbonyl (C=O) groups is 1. The average molecular weight is 336 g/mol. The Kier molecular flexibility index (Phi) is 5.21. The molecule has 22 heavy (non-hydrogen) atoms. The van der Waals surface area contributed by atoms with Crippen molar-refractivity contribution in [2.24, 2.45) is 0 Å². The molecule has 0 radical (unpaired) electrons. The van der Waals surface area contributed by atoms with Crippen molar-refractivity contribution in [3.05, 3.63) is 45.9 Å². The number of carbonyl (C=O) groups excluding carboxylic acids is 1. The maximum absolute atomic E-state index is 11.6. The number of amides is 1. The van der Waals surface area contributed by atoms with Crippen molar-refractivity contribution in [2.75, 3.05) is 26.0 Å². The topological polar surface area (TPSA) is 36.4 Å². The first-order valence-electron chi connectivity index (χ1n) is 6.74. The number of anilines is 2. The maximum atomic E-state index is 11.6. The summed E-state index contributed by atoms with van der Waals surface area (Å²) in [7, 11) is 5.41. The van der Waals surface area contributed by atoms with Crippen LogP contribution in [0.15, 0.2) is 30.3 Å². The second kappa shape index (κ2) is 6.94. The largest absolute Gasteiger partial charge is 0.345 e. The molecule has 0 atom stereocenters. The molecule has 1 amide bonds. The summed E-state index contributed by atoms with van der Waals surface area (Å²) in [6.07, 6.45) is 3.38. The van der Waals surface area contributed by atoms with Gasteiger partial charge in [-0.25, -0.2) is 4.98 Å². The third kappa shape index (κ3) is 3.87. The van der Waals surface area contributed by atoms with Crippen molar-refractivity contribution in [3.8, 4) is 0 Å². The van der Waals surface area contributed by atoms with Gasteiger partial charge in [0.15, 0.2) is 5.13 Å². The highest BCUT2D eigenvalue weighted by molar-refractivity contribution is 7.16. The van der Waals surface area contributed by atoms with Crippen LogP contribution in [0.2, 0.25) is 5.02 Å². The van der Waals surface area contributed by atoms with Gasteiger partial charge in [-0.15, -0.1) is 0 Å². The quantitative estimate of drug-likeness (QED) is 0.793. The molecule has 0 aliphatic carbocycles. The van der Waals surface area contributed by atoms with Gasteiger partial charge in [-0.2, -0.15) is 0 Å². The fourth-order valence-electron chi connectivity index (χ4n) is 1.76. The molecule has 0 aliphatic rings. The molecular weight excluding hydrogens is 318 g/mol. The number of thiazole rings is 1. The lowest BCUT2D eigenvalue weighted by molar-refractivity contribution is -0.123. The van der Waals surface area contributed by atoms with Crippen LogP contribution in [-0.4, -0.2) is 36.9 Å². The molecule has 0 N–H and O–H groups in total. The highest BCUT2D eigenvalue weighted by Crippen LogP contribution is 2.31. The van der Waals surface area contributed by atoms with Crippen LogP contribution in [0.4, 0.5) is 10.8 Å². The summed E-state index contributed by atoms with van der Waals surface area (Å²) in [5.41, 5.74) is 1.92. The van der Waals surface area contributed by atoms with Gasteiger partial charge in [0, 0.05) is 37.9 Å². The number of benzene rings is 1. The van der Waals surface area contributed by atoms with Gasteiger partial charge in [-0.1, -0.05) is 22.9 Å². The summed E-state index contributed by atoms with van der Waals surface area (Å²) in [5.74, 6) is -0.0413. The number of aryl methyl sites for hydroxylation is 1. The maximum Gasteiger partial charge on any atom is 0.246 e. The lowest BCUT2D eigenvalue weighted by atomic mass is 10.3. The molecule has 0 spiro atoms. The molecule has 1 heterocycles. The van der Waals surface area contributed by atoms with E-state index in [1.54, 1.807) is 31.5 Å². The summed E-state index contributed by atoms with van der Waals surface area (Å²) in [6.45, 7) is 1.94. The molecular formula is C16H18ClN3OS. The van der Waals surface area contributed by atoms with E-state index in [1.165, 1.54) is 4.90 Å². The molecule has 1 aromatic carbocycles. The number of nitrogens with zero attached hydrogens (tertiary/aromatic N) is 3. The highest BCUT2D eigenvalue weighted by Gasteiger charge is 2.11. The molecule has 0 aliphatic heterocycles. The Balaban J connectivity index is 2.22. The lowest BCUT2D eigenvalue weighted by Crippen LogP contribution is -2.18. The lowest BCUT2D eigenvalue weighted by Gasteiger charge is -2.15. The van der Waals surface area contributed by atoms with Gasteiger partial charge in [0.2, 0.25) is 5.91 Å². The molecule has 2 aromatic rings. The Morgan fingerprint density at radius 3 is 2.45 bits per heavy atom. The summed E-state index contributed by atoms with van der Waals surface area (Å²) < 4.78 is 0. The van der Waals surface area contributed by atoms with E-state index in [9.17, 15) is 4.79 Å². The van der Waals surface area contributed by atoms with Gasteiger partial charge in [0.25, 0.3) is 0 Å². The zero-order valence-corrected chi connectivity index (χ0v) is 14.6. The minimum atomic E-state index is -0.0413. The van der Waals surface area contributed by atoms with Crippen LogP contribution in [0.1, 0.15) is 10.6 Å². The first-order chi connectivity index (χ1) is 10.4. The van der Waals surface area contributed by atoms with Crippen LogP contribution in [0, 0.1) is 6.92 Å². The van der Waals surface area contributed by atoms with Crippen molar-refractivity contribution < 1.29 is 4.79 Å². The van der Waals surface area contributed by atoms with Gasteiger partial charge in [0.05, 0.1) is 10.6 Å². The van der Waals surface area contributed by atoms with Crippen LogP contribution in [0.5, 0.6) is 0 Å². The predicted molar refractivity (Wildman–Crippen MR) is 94.1 cm³/mol. The number of hydrogen-bond acceptors (Lipinski definition) is 4. The second-order valence-electron chi connectivity index (χ2n) is 5.05. The number of aromatic nitrogens is 1. The number of likely N-dealkylation sites (N-methyl/N-ethyl adjacent to an activating group) is 1. The zero-order chi connectivity index (χ0) is 16.3. The summed E-state index contributed by atoms with van der Waals surface area (Å²) in [5, 5.41) is 1.58. The zero-order valence-electron chi connectivity index (χ0n) is 13.0. The molecule has 2 rings (SSSR count). The monoisotopic (exact) mass is 335 g/mol. The minimum absolute atomic E-state index is 0.0413. The van der Waals surface area contributed by atoms with Crippen LogP contribution < -0.4 is 4.90 Å². The van der Waals surface area contributed by atoms with Crippen LogP contribution in [0.3, 0.4) is 0 Å². The van der Waals surface area contributed by atoms with Crippen molar-refractivity contribution in [2.45, 2.75) is 6.92 Å². The Morgan fingerprint density at radius 1 is 1.23 bits per heavy atom. The summed E-state index contributed by atoms with van der Waals surface area (Å²) in [4.78, 5) is 20.7. The van der Waals surface area contributed by atoms with E-state index >= 15 is 0 Å².